The fourth-order valence-electron chi connectivity index (χ4n) is 1.54. The molecule has 1 aromatic rings. The first kappa shape index (κ1) is 13.2. The first-order valence-electron chi connectivity index (χ1n) is 5.28. The number of hydrogen-bond donors (Lipinski definition) is 1. The van der Waals surface area contributed by atoms with Crippen molar-refractivity contribution in [1.82, 2.24) is 5.32 Å². The van der Waals surface area contributed by atoms with Gasteiger partial charge in [0.05, 0.1) is 7.11 Å². The molecule has 1 N–H and O–H groups in total. The Morgan fingerprint density at radius 2 is 2.12 bits per heavy atom. The first-order chi connectivity index (χ1) is 7.63. The van der Waals surface area contributed by atoms with Crippen molar-refractivity contribution in [3.63, 3.8) is 0 Å². The van der Waals surface area contributed by atoms with Crippen molar-refractivity contribution in [3.8, 4) is 5.75 Å². The summed E-state index contributed by atoms with van der Waals surface area (Å²) in [6, 6.07) is 8.16. The Hall–Kier alpha value is -0.870. The summed E-state index contributed by atoms with van der Waals surface area (Å²) in [5, 5.41) is 3.33. The van der Waals surface area contributed by atoms with Crippen LogP contribution in [-0.4, -0.2) is 29.4 Å². The van der Waals surface area contributed by atoms with Gasteiger partial charge in [-0.05, 0) is 13.0 Å². The van der Waals surface area contributed by atoms with Gasteiger partial charge < -0.3 is 10.1 Å². The predicted molar refractivity (Wildman–Crippen MR) is 68.2 cm³/mol. The van der Waals surface area contributed by atoms with Crippen LogP contribution in [0.5, 0.6) is 5.75 Å². The number of para-hydroxylation sites is 1. The second-order valence-electron chi connectivity index (χ2n) is 3.83. The minimum atomic E-state index is -0.754. The Bertz CT molecular complexity index is 355. The van der Waals surface area contributed by atoms with E-state index in [1.165, 1.54) is 0 Å². The van der Waals surface area contributed by atoms with Crippen molar-refractivity contribution in [3.05, 3.63) is 29.8 Å². The van der Waals surface area contributed by atoms with E-state index in [0.717, 1.165) is 17.9 Å². The van der Waals surface area contributed by atoms with Crippen molar-refractivity contribution in [1.29, 1.82) is 0 Å². The highest BCUT2D eigenvalue weighted by molar-refractivity contribution is 7.84. The number of hydrogen-bond acceptors (Lipinski definition) is 3. The van der Waals surface area contributed by atoms with Crippen LogP contribution in [0.25, 0.3) is 0 Å². The molecule has 0 spiro atoms. The number of methoxy groups -OCH3 is 1. The zero-order chi connectivity index (χ0) is 12.0. The summed E-state index contributed by atoms with van der Waals surface area (Å²) in [6.07, 6.45) is 1.72. The zero-order valence-corrected chi connectivity index (χ0v) is 10.8. The fraction of sp³-hybridized carbons (Fsp3) is 0.500. The number of ether oxygens (including phenoxy) is 1. The second-order valence-corrected chi connectivity index (χ2v) is 5.31. The topological polar surface area (TPSA) is 38.3 Å². The zero-order valence-electron chi connectivity index (χ0n) is 10.0. The van der Waals surface area contributed by atoms with Crippen molar-refractivity contribution >= 4 is 10.8 Å². The summed E-state index contributed by atoms with van der Waals surface area (Å²) >= 11 is 0. The van der Waals surface area contributed by atoms with Crippen LogP contribution in [0.1, 0.15) is 12.5 Å². The van der Waals surface area contributed by atoms with Crippen LogP contribution in [0.2, 0.25) is 0 Å². The largest absolute Gasteiger partial charge is 0.496 e. The normalized spacial score (nSPS) is 14.4. The molecule has 0 aliphatic rings. The minimum Gasteiger partial charge on any atom is -0.496 e. The molecule has 2 unspecified atom stereocenters. The maximum Gasteiger partial charge on any atom is 0.123 e. The lowest BCUT2D eigenvalue weighted by Gasteiger charge is -2.14. The Balaban J connectivity index is 2.50. The van der Waals surface area contributed by atoms with Gasteiger partial charge >= 0.3 is 0 Å². The smallest absolute Gasteiger partial charge is 0.123 e. The van der Waals surface area contributed by atoms with Gasteiger partial charge in [0.25, 0.3) is 0 Å². The third kappa shape index (κ3) is 4.33. The van der Waals surface area contributed by atoms with E-state index in [0.29, 0.717) is 5.75 Å². The van der Waals surface area contributed by atoms with E-state index >= 15 is 0 Å². The first-order valence-corrected chi connectivity index (χ1v) is 7.01. The molecule has 4 heteroatoms. The molecule has 3 nitrogen and oxygen atoms in total. The lowest BCUT2D eigenvalue weighted by molar-refractivity contribution is 0.406. The number of benzene rings is 1. The van der Waals surface area contributed by atoms with E-state index in [-0.39, 0.29) is 6.04 Å². The molecule has 1 aromatic carbocycles. The molecule has 2 atom stereocenters. The summed E-state index contributed by atoms with van der Waals surface area (Å²) in [6.45, 7) is 2.78. The van der Waals surface area contributed by atoms with E-state index in [1.54, 1.807) is 13.4 Å². The molecule has 0 fully saturated rings. The molecule has 0 aliphatic carbocycles. The van der Waals surface area contributed by atoms with E-state index in [4.69, 9.17) is 4.74 Å². The molecule has 0 amide bonds. The Morgan fingerprint density at radius 3 is 2.75 bits per heavy atom. The van der Waals surface area contributed by atoms with Crippen LogP contribution >= 0.6 is 0 Å². The molecule has 0 saturated heterocycles. The fourth-order valence-corrected chi connectivity index (χ4v) is 2.37. The highest BCUT2D eigenvalue weighted by atomic mass is 32.2. The van der Waals surface area contributed by atoms with Crippen LogP contribution in [-0.2, 0) is 17.3 Å². The Labute approximate surface area is 99.7 Å². The maximum absolute atomic E-state index is 11.0. The molecule has 0 heterocycles. The average Bonchev–Trinajstić information content (AvgIpc) is 2.26. The molecule has 0 aromatic heterocycles. The predicted octanol–water partition coefficient (Wildman–Crippen LogP) is 1.55. The molecule has 0 aliphatic heterocycles. The van der Waals surface area contributed by atoms with Crippen LogP contribution in [0, 0.1) is 0 Å². The lowest BCUT2D eigenvalue weighted by Crippen LogP contribution is -2.30. The minimum absolute atomic E-state index is 0.246. The molecule has 90 valence electrons. The van der Waals surface area contributed by atoms with Gasteiger partial charge in [-0.2, -0.15) is 0 Å². The van der Waals surface area contributed by atoms with Gasteiger partial charge in [0.15, 0.2) is 0 Å². The maximum atomic E-state index is 11.0. The quantitative estimate of drug-likeness (QED) is 0.821. The van der Waals surface area contributed by atoms with E-state index in [9.17, 15) is 4.21 Å². The van der Waals surface area contributed by atoms with Crippen LogP contribution < -0.4 is 10.1 Å². The summed E-state index contributed by atoms with van der Waals surface area (Å²) in [5.41, 5.74) is 1.12. The Kier molecular flexibility index (Phi) is 5.49. The number of nitrogens with one attached hydrogen (secondary N) is 1. The van der Waals surface area contributed by atoms with Gasteiger partial charge in [0.1, 0.15) is 5.75 Å². The van der Waals surface area contributed by atoms with Crippen molar-refractivity contribution in [2.75, 3.05) is 19.1 Å². The molecule has 16 heavy (non-hydrogen) atoms. The molecule has 0 bridgehead atoms. The van der Waals surface area contributed by atoms with Gasteiger partial charge in [0, 0.05) is 41.0 Å². The standard InChI is InChI=1S/C12H19NO2S/c1-10(9-16(3)14)13-8-11-6-4-5-7-12(11)15-2/h4-7,10,13H,8-9H2,1-3H3. The molecule has 0 radical (unpaired) electrons. The van der Waals surface area contributed by atoms with E-state index < -0.39 is 10.8 Å². The third-order valence-corrected chi connectivity index (χ3v) is 3.29. The van der Waals surface area contributed by atoms with Crippen LogP contribution in [0.4, 0.5) is 0 Å². The van der Waals surface area contributed by atoms with Crippen LogP contribution in [0.15, 0.2) is 24.3 Å². The van der Waals surface area contributed by atoms with Gasteiger partial charge in [-0.3, -0.25) is 4.21 Å². The third-order valence-electron chi connectivity index (χ3n) is 2.32. The van der Waals surface area contributed by atoms with Crippen molar-refractivity contribution in [2.24, 2.45) is 0 Å². The van der Waals surface area contributed by atoms with Gasteiger partial charge in [-0.15, -0.1) is 0 Å². The summed E-state index contributed by atoms with van der Waals surface area (Å²) in [4.78, 5) is 0. The summed E-state index contributed by atoms with van der Waals surface area (Å²) in [5.74, 6) is 1.56. The van der Waals surface area contributed by atoms with Gasteiger partial charge in [-0.1, -0.05) is 18.2 Å². The molecular formula is C12H19NO2S. The van der Waals surface area contributed by atoms with Crippen molar-refractivity contribution < 1.29 is 8.95 Å². The summed E-state index contributed by atoms with van der Waals surface area (Å²) in [7, 11) is 0.916. The highest BCUT2D eigenvalue weighted by Crippen LogP contribution is 2.16. The monoisotopic (exact) mass is 241 g/mol. The highest BCUT2D eigenvalue weighted by Gasteiger charge is 2.06. The van der Waals surface area contributed by atoms with Gasteiger partial charge in [0.2, 0.25) is 0 Å². The lowest BCUT2D eigenvalue weighted by atomic mass is 10.2. The van der Waals surface area contributed by atoms with E-state index in [1.807, 2.05) is 31.2 Å². The van der Waals surface area contributed by atoms with Crippen LogP contribution in [0.3, 0.4) is 0 Å². The average molecular weight is 241 g/mol. The molecule has 0 saturated carbocycles. The SMILES string of the molecule is COc1ccccc1CNC(C)CS(C)=O. The second kappa shape index (κ2) is 6.66. The Morgan fingerprint density at radius 1 is 1.44 bits per heavy atom. The number of rotatable bonds is 6. The molecular weight excluding hydrogens is 222 g/mol. The summed E-state index contributed by atoms with van der Waals surface area (Å²) < 4.78 is 16.3. The van der Waals surface area contributed by atoms with E-state index in [2.05, 4.69) is 5.32 Å². The molecule has 1 rings (SSSR count). The van der Waals surface area contributed by atoms with Crippen molar-refractivity contribution in [2.45, 2.75) is 19.5 Å². The van der Waals surface area contributed by atoms with Gasteiger partial charge in [-0.25, -0.2) is 0 Å².